The highest BCUT2D eigenvalue weighted by Crippen LogP contribution is 2.36. The van der Waals surface area contributed by atoms with E-state index in [2.05, 4.69) is 40.6 Å². The Bertz CT molecular complexity index is 719. The van der Waals surface area contributed by atoms with Crippen LogP contribution in [-0.4, -0.2) is 25.5 Å². The van der Waals surface area contributed by atoms with Gasteiger partial charge in [-0.05, 0) is 42.2 Å². The van der Waals surface area contributed by atoms with E-state index in [0.29, 0.717) is 6.61 Å². The van der Waals surface area contributed by atoms with Crippen LogP contribution in [0.1, 0.15) is 23.7 Å². The normalized spacial score (nSPS) is 18.5. The van der Waals surface area contributed by atoms with Crippen LogP contribution >= 0.6 is 12.4 Å². The minimum atomic E-state index is 0. The Kier molecular flexibility index (Phi) is 5.26. The zero-order valence-electron chi connectivity index (χ0n) is 13.4. The maximum Gasteiger partial charge on any atom is 0.145 e. The Balaban J connectivity index is 0.00000169. The van der Waals surface area contributed by atoms with Crippen molar-refractivity contribution < 1.29 is 9.47 Å². The van der Waals surface area contributed by atoms with Crippen LogP contribution in [-0.2, 0) is 6.42 Å². The molecule has 126 valence electrons. The van der Waals surface area contributed by atoms with E-state index in [4.69, 9.17) is 9.47 Å². The van der Waals surface area contributed by atoms with E-state index in [1.165, 1.54) is 11.1 Å². The number of hydrogen-bond acceptors (Lipinski definition) is 4. The first kappa shape index (κ1) is 16.7. The Morgan fingerprint density at radius 2 is 2.04 bits per heavy atom. The molecule has 0 bridgehead atoms. The minimum absolute atomic E-state index is 0. The van der Waals surface area contributed by atoms with Crippen molar-refractivity contribution in [2.75, 3.05) is 19.7 Å². The average Bonchev–Trinajstić information content (AvgIpc) is 3.14. The van der Waals surface area contributed by atoms with E-state index >= 15 is 0 Å². The summed E-state index contributed by atoms with van der Waals surface area (Å²) in [4.78, 5) is 4.34. The quantitative estimate of drug-likeness (QED) is 0.922. The highest BCUT2D eigenvalue weighted by molar-refractivity contribution is 5.85. The third kappa shape index (κ3) is 3.65. The van der Waals surface area contributed by atoms with Gasteiger partial charge in [0.1, 0.15) is 30.0 Å². The van der Waals surface area contributed by atoms with Gasteiger partial charge in [0.2, 0.25) is 0 Å². The average molecular weight is 345 g/mol. The predicted molar refractivity (Wildman–Crippen MR) is 97.6 cm³/mol. The number of aliphatic imine (C=N–C) groups is 1. The minimum Gasteiger partial charge on any atom is -0.486 e. The number of benzene rings is 2. The maximum atomic E-state index is 6.16. The van der Waals surface area contributed by atoms with Gasteiger partial charge in [0, 0.05) is 6.54 Å². The number of nitrogens with one attached hydrogen (secondary N) is 1. The number of hydrogen-bond donors (Lipinski definition) is 1. The zero-order chi connectivity index (χ0) is 15.5. The molecule has 0 spiro atoms. The summed E-state index contributed by atoms with van der Waals surface area (Å²) in [6.07, 6.45) is 2.15. The van der Waals surface area contributed by atoms with Crippen LogP contribution in [0.15, 0.2) is 53.5 Å². The summed E-state index contributed by atoms with van der Waals surface area (Å²) >= 11 is 0. The van der Waals surface area contributed by atoms with Crippen molar-refractivity contribution in [1.82, 2.24) is 5.32 Å². The number of fused-ring (bicyclic) bond motifs is 1. The summed E-state index contributed by atoms with van der Waals surface area (Å²) in [5, 5.41) is 3.21. The van der Waals surface area contributed by atoms with Crippen LogP contribution in [0.4, 0.5) is 0 Å². The van der Waals surface area contributed by atoms with Crippen LogP contribution < -0.4 is 14.8 Å². The summed E-state index contributed by atoms with van der Waals surface area (Å²) in [6, 6.07) is 16.5. The number of aryl methyl sites for hydroxylation is 1. The van der Waals surface area contributed by atoms with Gasteiger partial charge in [0.05, 0.1) is 6.54 Å². The molecule has 1 atom stereocenters. The SMILES string of the molecule is Cl.c1ccc(C2CCc3cc(OCC4=NCCN4)ccc3O2)cc1. The molecule has 0 saturated carbocycles. The number of halogens is 1. The second-order valence-corrected chi connectivity index (χ2v) is 5.87. The van der Waals surface area contributed by atoms with Crippen molar-refractivity contribution in [2.45, 2.75) is 18.9 Å². The second kappa shape index (κ2) is 7.58. The number of ether oxygens (including phenoxy) is 2. The standard InChI is InChI=1S/C19H20N2O2.ClH/c1-2-4-14(5-3-1)17-8-6-15-12-16(7-9-18(15)23-17)22-13-19-20-10-11-21-19;/h1-5,7,9,12,17H,6,8,10-11,13H2,(H,20,21);1H. The molecule has 4 rings (SSSR count). The van der Waals surface area contributed by atoms with Gasteiger partial charge in [0.25, 0.3) is 0 Å². The molecule has 1 N–H and O–H groups in total. The van der Waals surface area contributed by atoms with Crippen LogP contribution in [0.25, 0.3) is 0 Å². The largest absolute Gasteiger partial charge is 0.486 e. The van der Waals surface area contributed by atoms with Crippen LogP contribution in [0, 0.1) is 0 Å². The molecule has 1 unspecified atom stereocenters. The highest BCUT2D eigenvalue weighted by atomic mass is 35.5. The van der Waals surface area contributed by atoms with E-state index < -0.39 is 0 Å². The lowest BCUT2D eigenvalue weighted by Crippen LogP contribution is -2.25. The van der Waals surface area contributed by atoms with Gasteiger partial charge in [-0.15, -0.1) is 12.4 Å². The number of rotatable bonds is 4. The summed E-state index contributed by atoms with van der Waals surface area (Å²) < 4.78 is 12.0. The number of nitrogens with zero attached hydrogens (tertiary/aromatic N) is 1. The van der Waals surface area contributed by atoms with E-state index in [9.17, 15) is 0 Å². The molecule has 2 heterocycles. The predicted octanol–water partition coefficient (Wildman–Crippen LogP) is 3.56. The molecule has 0 aliphatic carbocycles. The van der Waals surface area contributed by atoms with Gasteiger partial charge in [0.15, 0.2) is 0 Å². The van der Waals surface area contributed by atoms with E-state index in [1.807, 2.05) is 18.2 Å². The molecule has 5 heteroatoms. The Morgan fingerprint density at radius 3 is 2.83 bits per heavy atom. The molecule has 24 heavy (non-hydrogen) atoms. The summed E-state index contributed by atoms with van der Waals surface area (Å²) in [7, 11) is 0. The maximum absolute atomic E-state index is 6.16. The Hall–Kier alpha value is -2.20. The molecule has 0 amide bonds. The molecule has 0 aromatic heterocycles. The van der Waals surface area contributed by atoms with Crippen molar-refractivity contribution in [2.24, 2.45) is 4.99 Å². The molecular weight excluding hydrogens is 324 g/mol. The molecule has 2 aliphatic rings. The monoisotopic (exact) mass is 344 g/mol. The van der Waals surface area contributed by atoms with E-state index in [1.54, 1.807) is 0 Å². The summed E-state index contributed by atoms with van der Waals surface area (Å²) in [6.45, 7) is 2.27. The third-order valence-electron chi connectivity index (χ3n) is 4.27. The van der Waals surface area contributed by atoms with E-state index in [0.717, 1.165) is 43.3 Å². The molecule has 4 nitrogen and oxygen atoms in total. The van der Waals surface area contributed by atoms with Crippen molar-refractivity contribution in [3.05, 3.63) is 59.7 Å². The van der Waals surface area contributed by atoms with E-state index in [-0.39, 0.29) is 18.5 Å². The molecule has 2 aromatic rings. The fourth-order valence-electron chi connectivity index (χ4n) is 3.05. The first-order valence-electron chi connectivity index (χ1n) is 8.13. The van der Waals surface area contributed by atoms with Gasteiger partial charge >= 0.3 is 0 Å². The first-order valence-corrected chi connectivity index (χ1v) is 8.13. The van der Waals surface area contributed by atoms with Gasteiger partial charge in [-0.25, -0.2) is 0 Å². The number of amidine groups is 1. The van der Waals surface area contributed by atoms with Crippen molar-refractivity contribution >= 4 is 18.2 Å². The molecule has 2 aromatic carbocycles. The molecule has 0 saturated heterocycles. The molecule has 2 aliphatic heterocycles. The van der Waals surface area contributed by atoms with Crippen LogP contribution in [0.5, 0.6) is 11.5 Å². The zero-order valence-corrected chi connectivity index (χ0v) is 14.2. The Labute approximate surface area is 148 Å². The fraction of sp³-hybridized carbons (Fsp3) is 0.316. The molecule has 0 radical (unpaired) electrons. The Morgan fingerprint density at radius 1 is 1.17 bits per heavy atom. The van der Waals surface area contributed by atoms with Crippen molar-refractivity contribution in [3.63, 3.8) is 0 Å². The third-order valence-corrected chi connectivity index (χ3v) is 4.27. The topological polar surface area (TPSA) is 42.8 Å². The molecule has 0 fully saturated rings. The van der Waals surface area contributed by atoms with Crippen molar-refractivity contribution in [1.29, 1.82) is 0 Å². The van der Waals surface area contributed by atoms with Crippen LogP contribution in [0.2, 0.25) is 0 Å². The first-order chi connectivity index (χ1) is 11.4. The lowest BCUT2D eigenvalue weighted by molar-refractivity contribution is 0.176. The van der Waals surface area contributed by atoms with Gasteiger partial charge in [-0.1, -0.05) is 30.3 Å². The summed E-state index contributed by atoms with van der Waals surface area (Å²) in [5.41, 5.74) is 2.46. The van der Waals surface area contributed by atoms with Gasteiger partial charge in [-0.3, -0.25) is 4.99 Å². The lowest BCUT2D eigenvalue weighted by Gasteiger charge is -2.26. The summed E-state index contributed by atoms with van der Waals surface area (Å²) in [5.74, 6) is 2.78. The van der Waals surface area contributed by atoms with Crippen LogP contribution in [0.3, 0.4) is 0 Å². The highest BCUT2D eigenvalue weighted by Gasteiger charge is 2.21. The molecular formula is C19H21ClN2O2. The fourth-order valence-corrected chi connectivity index (χ4v) is 3.05. The lowest BCUT2D eigenvalue weighted by atomic mass is 9.97. The van der Waals surface area contributed by atoms with Gasteiger partial charge in [-0.2, -0.15) is 0 Å². The smallest absolute Gasteiger partial charge is 0.145 e. The van der Waals surface area contributed by atoms with Crippen molar-refractivity contribution in [3.8, 4) is 11.5 Å². The van der Waals surface area contributed by atoms with Gasteiger partial charge < -0.3 is 14.8 Å². The second-order valence-electron chi connectivity index (χ2n) is 5.87.